The van der Waals surface area contributed by atoms with Crippen LogP contribution in [-0.4, -0.2) is 23.4 Å². The monoisotopic (exact) mass is 404 g/mol. The van der Waals surface area contributed by atoms with Crippen LogP contribution in [0.25, 0.3) is 11.5 Å². The first-order chi connectivity index (χ1) is 11.8. The van der Waals surface area contributed by atoms with Gasteiger partial charge in [0.1, 0.15) is 0 Å². The molecule has 1 aliphatic rings. The average Bonchev–Trinajstić information content (AvgIpc) is 3.27. The lowest BCUT2D eigenvalue weighted by Gasteiger charge is -2.24. The number of hydrogen-bond donors (Lipinski definition) is 0. The Bertz CT molecular complexity index is 817. The van der Waals surface area contributed by atoms with E-state index in [-0.39, 0.29) is 0 Å². The molecule has 122 valence electrons. The molecule has 3 aromatic rings. The Morgan fingerprint density at radius 3 is 2.33 bits per heavy atom. The molecule has 0 aliphatic carbocycles. The molecule has 1 saturated heterocycles. The number of halogens is 1. The first-order valence-electron chi connectivity index (χ1n) is 7.37. The van der Waals surface area contributed by atoms with Gasteiger partial charge in [-0.1, -0.05) is 46.3 Å². The number of nitrogens with zero attached hydrogens (tertiary/aromatic N) is 2. The fourth-order valence-electron chi connectivity index (χ4n) is 2.40. The van der Waals surface area contributed by atoms with Crippen LogP contribution >= 0.6 is 27.7 Å². The molecular formula is C17H13BrN2O3S. The minimum Gasteiger partial charge on any atom is -0.411 e. The molecule has 2 heterocycles. The van der Waals surface area contributed by atoms with Gasteiger partial charge in [0.15, 0.2) is 0 Å². The third kappa shape index (κ3) is 3.12. The molecule has 4 rings (SSSR count). The zero-order chi connectivity index (χ0) is 16.4. The lowest BCUT2D eigenvalue weighted by molar-refractivity contribution is -0.0822. The SMILES string of the molecule is Brc1ccc(-c2nnc(SC3(c4ccccc4)OCCO3)o2)cc1. The number of ether oxygens (including phenoxy) is 2. The van der Waals surface area contributed by atoms with Crippen LogP contribution in [0.4, 0.5) is 0 Å². The summed E-state index contributed by atoms with van der Waals surface area (Å²) in [6.45, 7) is 1.05. The first kappa shape index (κ1) is 15.8. The smallest absolute Gasteiger partial charge is 0.282 e. The van der Waals surface area contributed by atoms with Crippen LogP contribution < -0.4 is 0 Å². The van der Waals surface area contributed by atoms with Crippen molar-refractivity contribution >= 4 is 27.7 Å². The molecule has 0 saturated carbocycles. The molecule has 0 radical (unpaired) electrons. The summed E-state index contributed by atoms with van der Waals surface area (Å²) in [6.07, 6.45) is 0. The molecule has 0 spiro atoms. The van der Waals surface area contributed by atoms with Gasteiger partial charge in [0.05, 0.1) is 13.2 Å². The predicted molar refractivity (Wildman–Crippen MR) is 93.3 cm³/mol. The van der Waals surface area contributed by atoms with Crippen molar-refractivity contribution in [1.29, 1.82) is 0 Å². The first-order valence-corrected chi connectivity index (χ1v) is 8.98. The summed E-state index contributed by atoms with van der Waals surface area (Å²) in [7, 11) is 0. The Kier molecular flexibility index (Phi) is 4.41. The van der Waals surface area contributed by atoms with Crippen LogP contribution in [0.1, 0.15) is 5.56 Å². The van der Waals surface area contributed by atoms with Gasteiger partial charge in [0.2, 0.25) is 5.89 Å². The molecular weight excluding hydrogens is 392 g/mol. The maximum atomic E-state index is 5.87. The van der Waals surface area contributed by atoms with Crippen molar-refractivity contribution in [2.24, 2.45) is 0 Å². The summed E-state index contributed by atoms with van der Waals surface area (Å²) in [5, 5.41) is 7.70. The van der Waals surface area contributed by atoms with Crippen molar-refractivity contribution in [1.82, 2.24) is 10.2 Å². The second-order valence-corrected chi connectivity index (χ2v) is 7.11. The topological polar surface area (TPSA) is 57.4 Å². The van der Waals surface area contributed by atoms with Crippen molar-refractivity contribution in [3.8, 4) is 11.5 Å². The van der Waals surface area contributed by atoms with Crippen molar-refractivity contribution in [3.63, 3.8) is 0 Å². The zero-order valence-corrected chi connectivity index (χ0v) is 14.9. The Morgan fingerprint density at radius 1 is 0.917 bits per heavy atom. The van der Waals surface area contributed by atoms with E-state index >= 15 is 0 Å². The fraction of sp³-hybridized carbons (Fsp3) is 0.176. The minimum absolute atomic E-state index is 0.402. The van der Waals surface area contributed by atoms with Crippen LogP contribution in [0.2, 0.25) is 0 Å². The highest BCUT2D eigenvalue weighted by atomic mass is 79.9. The van der Waals surface area contributed by atoms with Crippen LogP contribution in [-0.2, 0) is 14.6 Å². The third-order valence-electron chi connectivity index (χ3n) is 3.51. The minimum atomic E-state index is -0.940. The molecule has 0 N–H and O–H groups in total. The van der Waals surface area contributed by atoms with Crippen molar-refractivity contribution in [2.45, 2.75) is 10.3 Å². The van der Waals surface area contributed by atoms with Crippen molar-refractivity contribution < 1.29 is 13.9 Å². The van der Waals surface area contributed by atoms with Gasteiger partial charge in [-0.05, 0) is 24.3 Å². The van der Waals surface area contributed by atoms with E-state index in [0.717, 1.165) is 15.6 Å². The van der Waals surface area contributed by atoms with E-state index in [1.807, 2.05) is 54.6 Å². The number of rotatable bonds is 4. The lowest BCUT2D eigenvalue weighted by atomic mass is 10.2. The number of thioether (sulfide) groups is 1. The van der Waals surface area contributed by atoms with Crippen LogP contribution in [0.5, 0.6) is 0 Å². The maximum absolute atomic E-state index is 5.87. The van der Waals surface area contributed by atoms with Gasteiger partial charge in [-0.25, -0.2) is 0 Å². The molecule has 24 heavy (non-hydrogen) atoms. The normalized spacial score (nSPS) is 16.4. The van der Waals surface area contributed by atoms with E-state index in [1.54, 1.807) is 0 Å². The summed E-state index contributed by atoms with van der Waals surface area (Å²) in [6, 6.07) is 17.5. The number of benzene rings is 2. The average molecular weight is 405 g/mol. The third-order valence-corrected chi connectivity index (χ3v) is 5.12. The van der Waals surface area contributed by atoms with Crippen LogP contribution in [0.15, 0.2) is 68.7 Å². The Morgan fingerprint density at radius 2 is 1.62 bits per heavy atom. The fourth-order valence-corrected chi connectivity index (χ4v) is 3.63. The maximum Gasteiger partial charge on any atom is 0.282 e. The van der Waals surface area contributed by atoms with Gasteiger partial charge >= 0.3 is 0 Å². The van der Waals surface area contributed by atoms with Gasteiger partial charge in [-0.3, -0.25) is 0 Å². The largest absolute Gasteiger partial charge is 0.411 e. The van der Waals surface area contributed by atoms with E-state index < -0.39 is 5.12 Å². The van der Waals surface area contributed by atoms with Gasteiger partial charge in [0, 0.05) is 27.4 Å². The van der Waals surface area contributed by atoms with Crippen molar-refractivity contribution in [2.75, 3.05) is 13.2 Å². The summed E-state index contributed by atoms with van der Waals surface area (Å²) in [5.74, 6) is 0.464. The second kappa shape index (κ2) is 6.68. The highest BCUT2D eigenvalue weighted by Crippen LogP contribution is 2.45. The van der Waals surface area contributed by atoms with E-state index in [2.05, 4.69) is 26.1 Å². The number of hydrogen-bond acceptors (Lipinski definition) is 6. The molecule has 0 unspecified atom stereocenters. The lowest BCUT2D eigenvalue weighted by Crippen LogP contribution is -2.22. The van der Waals surface area contributed by atoms with Crippen molar-refractivity contribution in [3.05, 3.63) is 64.6 Å². The highest BCUT2D eigenvalue weighted by molar-refractivity contribution is 9.10. The van der Waals surface area contributed by atoms with Crippen LogP contribution in [0, 0.1) is 0 Å². The van der Waals surface area contributed by atoms with E-state index in [9.17, 15) is 0 Å². The molecule has 0 atom stereocenters. The molecule has 1 aliphatic heterocycles. The second-order valence-electron chi connectivity index (χ2n) is 5.10. The molecule has 1 fully saturated rings. The molecule has 7 heteroatoms. The Hall–Kier alpha value is -1.67. The van der Waals surface area contributed by atoms with Gasteiger partial charge < -0.3 is 13.9 Å². The molecule has 1 aromatic heterocycles. The molecule has 2 aromatic carbocycles. The number of aromatic nitrogens is 2. The summed E-state index contributed by atoms with van der Waals surface area (Å²) in [4.78, 5) is 0. The standard InChI is InChI=1S/C17H13BrN2O3S/c18-14-8-6-12(7-9-14)15-19-20-16(23-15)24-17(21-10-11-22-17)13-4-2-1-3-5-13/h1-9H,10-11H2. The zero-order valence-electron chi connectivity index (χ0n) is 12.5. The highest BCUT2D eigenvalue weighted by Gasteiger charge is 2.42. The summed E-state index contributed by atoms with van der Waals surface area (Å²) < 4.78 is 18.5. The molecule has 0 bridgehead atoms. The predicted octanol–water partition coefficient (Wildman–Crippen LogP) is 4.45. The molecule has 5 nitrogen and oxygen atoms in total. The summed E-state index contributed by atoms with van der Waals surface area (Å²) >= 11 is 4.69. The van der Waals surface area contributed by atoms with E-state index in [4.69, 9.17) is 13.9 Å². The molecule has 0 amide bonds. The van der Waals surface area contributed by atoms with Gasteiger partial charge in [-0.15, -0.1) is 10.2 Å². The van der Waals surface area contributed by atoms with Crippen LogP contribution in [0.3, 0.4) is 0 Å². The van der Waals surface area contributed by atoms with E-state index in [0.29, 0.717) is 24.3 Å². The summed E-state index contributed by atoms with van der Waals surface area (Å²) in [5.41, 5.74) is 1.77. The van der Waals surface area contributed by atoms with E-state index in [1.165, 1.54) is 11.8 Å². The Balaban J connectivity index is 1.61. The van der Waals surface area contributed by atoms with Gasteiger partial charge in [0.25, 0.3) is 10.3 Å². The van der Waals surface area contributed by atoms with Gasteiger partial charge in [-0.2, -0.15) is 0 Å². The quantitative estimate of drug-likeness (QED) is 0.640. The Labute approximate surface area is 151 Å².